The van der Waals surface area contributed by atoms with E-state index in [4.69, 9.17) is 11.6 Å². The third-order valence-corrected chi connectivity index (χ3v) is 4.51. The molecule has 0 saturated heterocycles. The number of hydrogen-bond acceptors (Lipinski definition) is 3. The van der Waals surface area contributed by atoms with Gasteiger partial charge in [-0.3, -0.25) is 4.79 Å². The molecule has 0 spiro atoms. The summed E-state index contributed by atoms with van der Waals surface area (Å²) in [4.78, 5) is 23.7. The van der Waals surface area contributed by atoms with E-state index in [9.17, 15) is 9.59 Å². The summed E-state index contributed by atoms with van der Waals surface area (Å²) in [6.45, 7) is 2.28. The van der Waals surface area contributed by atoms with Gasteiger partial charge in [-0.2, -0.15) is 0 Å². The third kappa shape index (κ3) is 4.03. The first kappa shape index (κ1) is 17.8. The number of nitrogens with zero attached hydrogens (tertiary/aromatic N) is 1. The topological polar surface area (TPSA) is 48.3 Å². The molecular weight excluding hydrogens is 382 g/mol. The molecule has 23 heavy (non-hydrogen) atoms. The summed E-state index contributed by atoms with van der Waals surface area (Å²) >= 11 is 9.60. The van der Waals surface area contributed by atoms with E-state index in [-0.39, 0.29) is 11.5 Å². The van der Waals surface area contributed by atoms with Gasteiger partial charge in [0.25, 0.3) is 5.56 Å². The van der Waals surface area contributed by atoms with Crippen molar-refractivity contribution in [3.63, 3.8) is 0 Å². The molecule has 0 radical (unpaired) electrons. The molecule has 0 aliphatic heterocycles. The van der Waals surface area contributed by atoms with Gasteiger partial charge >= 0.3 is 5.97 Å². The fourth-order valence-corrected chi connectivity index (χ4v) is 3.44. The predicted molar refractivity (Wildman–Crippen MR) is 94.6 cm³/mol. The minimum Gasteiger partial charge on any atom is -0.465 e. The van der Waals surface area contributed by atoms with Crippen LogP contribution in [0.3, 0.4) is 0 Å². The van der Waals surface area contributed by atoms with Crippen LogP contribution in [0, 0.1) is 6.92 Å². The van der Waals surface area contributed by atoms with E-state index in [1.54, 1.807) is 29.7 Å². The minimum absolute atomic E-state index is 0.0324. The Balaban J connectivity index is 2.21. The highest BCUT2D eigenvalue weighted by atomic mass is 79.9. The predicted octanol–water partition coefficient (Wildman–Crippen LogP) is 3.73. The van der Waals surface area contributed by atoms with Gasteiger partial charge in [-0.1, -0.05) is 39.7 Å². The van der Waals surface area contributed by atoms with E-state index >= 15 is 0 Å². The minimum atomic E-state index is -0.361. The number of hydrogen-bond donors (Lipinski definition) is 0. The number of esters is 1. The Morgan fingerprint density at radius 2 is 1.96 bits per heavy atom. The molecule has 4 nitrogen and oxygen atoms in total. The van der Waals surface area contributed by atoms with Crippen molar-refractivity contribution >= 4 is 33.5 Å². The molecule has 1 heterocycles. The number of aryl methyl sites for hydroxylation is 2. The van der Waals surface area contributed by atoms with Crippen LogP contribution in [0.4, 0.5) is 0 Å². The fourth-order valence-electron chi connectivity index (χ4n) is 2.34. The Morgan fingerprint density at radius 3 is 2.52 bits per heavy atom. The molecule has 0 saturated carbocycles. The van der Waals surface area contributed by atoms with Crippen molar-refractivity contribution < 1.29 is 9.53 Å². The van der Waals surface area contributed by atoms with Gasteiger partial charge in [0.15, 0.2) is 0 Å². The summed E-state index contributed by atoms with van der Waals surface area (Å²) in [7, 11) is 1.35. The lowest BCUT2D eigenvalue weighted by Crippen LogP contribution is -2.26. The zero-order chi connectivity index (χ0) is 17.0. The number of benzene rings is 1. The molecule has 0 bridgehead atoms. The Labute approximate surface area is 148 Å². The molecule has 0 N–H and O–H groups in total. The average molecular weight is 399 g/mol. The second-order valence-electron chi connectivity index (χ2n) is 5.15. The highest BCUT2D eigenvalue weighted by molar-refractivity contribution is 9.08. The van der Waals surface area contributed by atoms with Crippen molar-refractivity contribution in [2.24, 2.45) is 0 Å². The maximum absolute atomic E-state index is 12.3. The zero-order valence-electron chi connectivity index (χ0n) is 12.9. The van der Waals surface area contributed by atoms with E-state index < -0.39 is 0 Å². The molecule has 2 rings (SSSR count). The highest BCUT2D eigenvalue weighted by Gasteiger charge is 2.11. The van der Waals surface area contributed by atoms with Crippen LogP contribution < -0.4 is 5.56 Å². The molecule has 0 aliphatic rings. The Kier molecular flexibility index (Phi) is 6.02. The van der Waals surface area contributed by atoms with Gasteiger partial charge in [-0.15, -0.1) is 0 Å². The summed E-state index contributed by atoms with van der Waals surface area (Å²) in [5.41, 5.74) is 2.90. The first-order valence-electron chi connectivity index (χ1n) is 7.10. The molecule has 2 aromatic rings. The standard InChI is InChI=1S/C17H17BrClNO3/c1-11-9-14(19)15(10-18)20(16(11)21)8-7-12-3-5-13(6-4-12)17(22)23-2/h3-6,9H,7-8,10H2,1-2H3. The van der Waals surface area contributed by atoms with Crippen molar-refractivity contribution in [1.82, 2.24) is 4.57 Å². The Morgan fingerprint density at radius 1 is 1.30 bits per heavy atom. The van der Waals surface area contributed by atoms with Crippen molar-refractivity contribution in [2.45, 2.75) is 25.2 Å². The first-order chi connectivity index (χ1) is 11.0. The van der Waals surface area contributed by atoms with E-state index in [1.807, 2.05) is 12.1 Å². The highest BCUT2D eigenvalue weighted by Crippen LogP contribution is 2.18. The molecule has 0 fully saturated rings. The van der Waals surface area contributed by atoms with Crippen LogP contribution in [-0.4, -0.2) is 17.6 Å². The molecule has 1 aromatic carbocycles. The summed E-state index contributed by atoms with van der Waals surface area (Å²) in [6.07, 6.45) is 0.668. The molecule has 122 valence electrons. The lowest BCUT2D eigenvalue weighted by Gasteiger charge is -2.14. The van der Waals surface area contributed by atoms with Crippen LogP contribution >= 0.6 is 27.5 Å². The van der Waals surface area contributed by atoms with Crippen LogP contribution in [0.25, 0.3) is 0 Å². The quantitative estimate of drug-likeness (QED) is 0.569. The van der Waals surface area contributed by atoms with Gasteiger partial charge in [0.05, 0.1) is 23.4 Å². The monoisotopic (exact) mass is 397 g/mol. The Hall–Kier alpha value is -1.59. The summed E-state index contributed by atoms with van der Waals surface area (Å²) < 4.78 is 6.37. The lowest BCUT2D eigenvalue weighted by molar-refractivity contribution is 0.0600. The average Bonchev–Trinajstić information content (AvgIpc) is 2.56. The maximum atomic E-state index is 12.3. The van der Waals surface area contributed by atoms with Crippen LogP contribution in [0.5, 0.6) is 0 Å². The fraction of sp³-hybridized carbons (Fsp3) is 0.294. The van der Waals surface area contributed by atoms with Gasteiger partial charge in [-0.05, 0) is 37.1 Å². The number of pyridine rings is 1. The van der Waals surface area contributed by atoms with Crippen molar-refractivity contribution in [3.8, 4) is 0 Å². The summed E-state index contributed by atoms with van der Waals surface area (Å²) in [6, 6.07) is 8.87. The van der Waals surface area contributed by atoms with Crippen LogP contribution in [-0.2, 0) is 23.0 Å². The molecule has 0 amide bonds. The second kappa shape index (κ2) is 7.79. The zero-order valence-corrected chi connectivity index (χ0v) is 15.3. The third-order valence-electron chi connectivity index (χ3n) is 3.65. The molecular formula is C17H17BrClNO3. The lowest BCUT2D eigenvalue weighted by atomic mass is 10.1. The number of carbonyl (C=O) groups excluding carboxylic acids is 1. The molecule has 1 aromatic heterocycles. The van der Waals surface area contributed by atoms with Crippen molar-refractivity contribution in [1.29, 1.82) is 0 Å². The van der Waals surface area contributed by atoms with Crippen molar-refractivity contribution in [3.05, 3.63) is 68.1 Å². The summed E-state index contributed by atoms with van der Waals surface area (Å²) in [5.74, 6) is -0.361. The SMILES string of the molecule is COC(=O)c1ccc(CCn2c(CBr)c(Cl)cc(C)c2=O)cc1. The van der Waals surface area contributed by atoms with E-state index in [0.29, 0.717) is 34.4 Å². The van der Waals surface area contributed by atoms with E-state index in [1.165, 1.54) is 7.11 Å². The Bertz CT molecular complexity index is 769. The van der Waals surface area contributed by atoms with Gasteiger partial charge < -0.3 is 9.30 Å². The molecule has 0 atom stereocenters. The second-order valence-corrected chi connectivity index (χ2v) is 6.12. The number of rotatable bonds is 5. The van der Waals surface area contributed by atoms with E-state index in [2.05, 4.69) is 20.7 Å². The number of methoxy groups -OCH3 is 1. The largest absolute Gasteiger partial charge is 0.465 e. The molecule has 0 unspecified atom stereocenters. The number of carbonyl (C=O) groups is 1. The van der Waals surface area contributed by atoms with Gasteiger partial charge in [0, 0.05) is 17.4 Å². The smallest absolute Gasteiger partial charge is 0.337 e. The normalized spacial score (nSPS) is 10.6. The maximum Gasteiger partial charge on any atom is 0.337 e. The molecule has 6 heteroatoms. The number of alkyl halides is 1. The van der Waals surface area contributed by atoms with Gasteiger partial charge in [-0.25, -0.2) is 4.79 Å². The van der Waals surface area contributed by atoms with E-state index in [0.717, 1.165) is 11.3 Å². The number of aromatic nitrogens is 1. The number of ether oxygens (including phenoxy) is 1. The van der Waals surface area contributed by atoms with Crippen molar-refractivity contribution in [2.75, 3.05) is 7.11 Å². The van der Waals surface area contributed by atoms with Gasteiger partial charge in [0.2, 0.25) is 0 Å². The number of halogens is 2. The van der Waals surface area contributed by atoms with Gasteiger partial charge in [0.1, 0.15) is 0 Å². The molecule has 0 aliphatic carbocycles. The van der Waals surface area contributed by atoms with Crippen LogP contribution in [0.15, 0.2) is 35.1 Å². The summed E-state index contributed by atoms with van der Waals surface area (Å²) in [5, 5.41) is 1.10. The van der Waals surface area contributed by atoms with Crippen LogP contribution in [0.1, 0.15) is 27.2 Å². The first-order valence-corrected chi connectivity index (χ1v) is 8.60. The van der Waals surface area contributed by atoms with Crippen LogP contribution in [0.2, 0.25) is 5.02 Å².